The van der Waals surface area contributed by atoms with Crippen LogP contribution in [0.1, 0.15) is 44.5 Å². The monoisotopic (exact) mass is 344 g/mol. The van der Waals surface area contributed by atoms with Crippen molar-refractivity contribution >= 4 is 15.9 Å². The number of halogens is 1. The van der Waals surface area contributed by atoms with Gasteiger partial charge in [-0.15, -0.1) is 0 Å². The van der Waals surface area contributed by atoms with Crippen LogP contribution in [0.5, 0.6) is 0 Å². The lowest BCUT2D eigenvalue weighted by Crippen LogP contribution is -2.32. The molecule has 0 aromatic heterocycles. The smallest absolute Gasteiger partial charge is 0.251 e. The fourth-order valence-electron chi connectivity index (χ4n) is 2.12. The molecule has 0 aliphatic rings. The lowest BCUT2D eigenvalue weighted by molar-refractivity contribution is 0.0951. The molecule has 0 spiro atoms. The maximum Gasteiger partial charge on any atom is 0.251 e. The fourth-order valence-corrected chi connectivity index (χ4v) is 3.67. The van der Waals surface area contributed by atoms with Gasteiger partial charge in [0.2, 0.25) is 10.0 Å². The van der Waals surface area contributed by atoms with Crippen molar-refractivity contribution in [3.05, 3.63) is 29.6 Å². The number of carbonyl (C=O) groups is 1. The highest BCUT2D eigenvalue weighted by molar-refractivity contribution is 7.89. The maximum absolute atomic E-state index is 14.0. The first-order valence-corrected chi connectivity index (χ1v) is 9.25. The van der Waals surface area contributed by atoms with Crippen LogP contribution in [-0.4, -0.2) is 38.3 Å². The summed E-state index contributed by atoms with van der Waals surface area (Å²) in [5.41, 5.74) is 0.140. The number of nitrogens with one attached hydrogen (secondary N) is 1. The van der Waals surface area contributed by atoms with Gasteiger partial charge in [-0.2, -0.15) is 4.31 Å². The largest absolute Gasteiger partial charge is 0.352 e. The van der Waals surface area contributed by atoms with Crippen LogP contribution in [0.15, 0.2) is 23.1 Å². The number of hydrogen-bond donors (Lipinski definition) is 1. The van der Waals surface area contributed by atoms with E-state index in [1.165, 1.54) is 6.07 Å². The predicted molar refractivity (Wildman–Crippen MR) is 88.3 cm³/mol. The van der Waals surface area contributed by atoms with Gasteiger partial charge in [-0.05, 0) is 30.5 Å². The van der Waals surface area contributed by atoms with Gasteiger partial charge in [0.25, 0.3) is 5.91 Å². The summed E-state index contributed by atoms with van der Waals surface area (Å²) in [4.78, 5) is 11.6. The van der Waals surface area contributed by atoms with Crippen molar-refractivity contribution in [1.82, 2.24) is 9.62 Å². The van der Waals surface area contributed by atoms with E-state index in [0.29, 0.717) is 12.5 Å². The topological polar surface area (TPSA) is 66.5 Å². The first-order chi connectivity index (χ1) is 10.7. The third-order valence-corrected chi connectivity index (χ3v) is 5.59. The van der Waals surface area contributed by atoms with Gasteiger partial charge in [-0.3, -0.25) is 4.79 Å². The fraction of sp³-hybridized carbons (Fsp3) is 0.562. The highest BCUT2D eigenvalue weighted by Gasteiger charge is 2.26. The van der Waals surface area contributed by atoms with E-state index in [2.05, 4.69) is 5.32 Å². The van der Waals surface area contributed by atoms with Crippen molar-refractivity contribution in [3.63, 3.8) is 0 Å². The predicted octanol–water partition coefficient (Wildman–Crippen LogP) is 2.63. The van der Waals surface area contributed by atoms with Crippen LogP contribution in [0.4, 0.5) is 4.39 Å². The summed E-state index contributed by atoms with van der Waals surface area (Å²) < 4.78 is 40.0. The molecule has 0 saturated carbocycles. The number of carbonyl (C=O) groups excluding carboxylic acids is 1. The zero-order valence-corrected chi connectivity index (χ0v) is 14.9. The lowest BCUT2D eigenvalue weighted by Gasteiger charge is -2.19. The second kappa shape index (κ2) is 8.40. The van der Waals surface area contributed by atoms with E-state index < -0.39 is 26.6 Å². The second-order valence-electron chi connectivity index (χ2n) is 5.67. The van der Waals surface area contributed by atoms with E-state index in [4.69, 9.17) is 0 Å². The molecule has 1 rings (SSSR count). The van der Waals surface area contributed by atoms with Gasteiger partial charge in [-0.1, -0.05) is 27.7 Å². The number of rotatable bonds is 8. The first kappa shape index (κ1) is 19.6. The Hall–Kier alpha value is -1.47. The molecule has 1 amide bonds. The molecular weight excluding hydrogens is 319 g/mol. The lowest BCUT2D eigenvalue weighted by atomic mass is 10.1. The third-order valence-electron chi connectivity index (χ3n) is 3.52. The summed E-state index contributed by atoms with van der Waals surface area (Å²) in [7, 11) is -3.94. The zero-order valence-electron chi connectivity index (χ0n) is 14.1. The molecule has 23 heavy (non-hydrogen) atoms. The molecule has 0 saturated heterocycles. The van der Waals surface area contributed by atoms with Crippen molar-refractivity contribution < 1.29 is 17.6 Å². The summed E-state index contributed by atoms with van der Waals surface area (Å²) in [6.45, 7) is 8.42. The van der Waals surface area contributed by atoms with Crippen LogP contribution in [0.2, 0.25) is 0 Å². The molecule has 1 aromatic rings. The van der Waals surface area contributed by atoms with Gasteiger partial charge in [0.1, 0.15) is 10.7 Å². The molecule has 7 heteroatoms. The number of benzene rings is 1. The van der Waals surface area contributed by atoms with Gasteiger partial charge in [0, 0.05) is 25.2 Å². The minimum absolute atomic E-state index is 0.140. The highest BCUT2D eigenvalue weighted by atomic mass is 32.2. The van der Waals surface area contributed by atoms with Crippen LogP contribution in [0, 0.1) is 11.7 Å². The Morgan fingerprint density at radius 1 is 1.26 bits per heavy atom. The Bertz CT molecular complexity index is 641. The minimum Gasteiger partial charge on any atom is -0.352 e. The van der Waals surface area contributed by atoms with E-state index in [1.54, 1.807) is 13.8 Å². The van der Waals surface area contributed by atoms with Gasteiger partial charge in [0.05, 0.1) is 0 Å². The Labute approximate surface area is 137 Å². The van der Waals surface area contributed by atoms with Gasteiger partial charge >= 0.3 is 0 Å². The summed E-state index contributed by atoms with van der Waals surface area (Å²) in [6, 6.07) is 3.42. The first-order valence-electron chi connectivity index (χ1n) is 7.81. The molecule has 0 fully saturated rings. The molecule has 130 valence electrons. The van der Waals surface area contributed by atoms with Crippen LogP contribution in [0.3, 0.4) is 0 Å². The molecular formula is C16H25FN2O3S. The molecule has 0 aliphatic carbocycles. The van der Waals surface area contributed by atoms with Crippen LogP contribution in [-0.2, 0) is 10.0 Å². The standard InChI is InChI=1S/C16H25FN2O3S/c1-5-19(6-2)23(21,22)15-11-13(7-8-14(15)17)16(20)18-10-9-12(3)4/h7-8,11-12H,5-6,9-10H2,1-4H3,(H,18,20). The summed E-state index contributed by atoms with van der Waals surface area (Å²) in [6.07, 6.45) is 0.817. The molecule has 0 unspecified atom stereocenters. The third kappa shape index (κ3) is 5.00. The van der Waals surface area contributed by atoms with Crippen LogP contribution < -0.4 is 5.32 Å². The van der Waals surface area contributed by atoms with Gasteiger partial charge in [-0.25, -0.2) is 12.8 Å². The second-order valence-corrected chi connectivity index (χ2v) is 7.58. The molecule has 0 radical (unpaired) electrons. The van der Waals surface area contributed by atoms with Crippen molar-refractivity contribution in [2.45, 2.75) is 39.0 Å². The number of amides is 1. The van der Waals surface area contributed by atoms with Gasteiger partial charge < -0.3 is 5.32 Å². The normalized spacial score (nSPS) is 12.0. The average molecular weight is 344 g/mol. The van der Waals surface area contributed by atoms with Crippen LogP contribution >= 0.6 is 0 Å². The van der Waals surface area contributed by atoms with E-state index in [0.717, 1.165) is 22.9 Å². The Morgan fingerprint density at radius 3 is 2.39 bits per heavy atom. The molecule has 1 N–H and O–H groups in total. The van der Waals surface area contributed by atoms with E-state index >= 15 is 0 Å². The average Bonchev–Trinajstić information content (AvgIpc) is 2.47. The zero-order chi connectivity index (χ0) is 17.6. The van der Waals surface area contributed by atoms with E-state index in [1.807, 2.05) is 13.8 Å². The summed E-state index contributed by atoms with van der Waals surface area (Å²) in [5, 5.41) is 2.72. The molecule has 0 heterocycles. The van der Waals surface area contributed by atoms with Gasteiger partial charge in [0.15, 0.2) is 0 Å². The van der Waals surface area contributed by atoms with Crippen molar-refractivity contribution in [3.8, 4) is 0 Å². The van der Waals surface area contributed by atoms with Crippen LogP contribution in [0.25, 0.3) is 0 Å². The molecule has 0 bridgehead atoms. The van der Waals surface area contributed by atoms with Crippen molar-refractivity contribution in [2.24, 2.45) is 5.92 Å². The Morgan fingerprint density at radius 2 is 1.87 bits per heavy atom. The highest BCUT2D eigenvalue weighted by Crippen LogP contribution is 2.20. The Kier molecular flexibility index (Phi) is 7.15. The Balaban J connectivity index is 3.06. The molecule has 1 aromatic carbocycles. The molecule has 5 nitrogen and oxygen atoms in total. The summed E-state index contributed by atoms with van der Waals surface area (Å²) in [5.74, 6) is -0.806. The molecule has 0 atom stereocenters. The number of nitrogens with zero attached hydrogens (tertiary/aromatic N) is 1. The number of hydrogen-bond acceptors (Lipinski definition) is 3. The number of sulfonamides is 1. The van der Waals surface area contributed by atoms with E-state index in [9.17, 15) is 17.6 Å². The minimum atomic E-state index is -3.94. The maximum atomic E-state index is 14.0. The SMILES string of the molecule is CCN(CC)S(=O)(=O)c1cc(C(=O)NCCC(C)C)ccc1F. The van der Waals surface area contributed by atoms with E-state index in [-0.39, 0.29) is 18.7 Å². The van der Waals surface area contributed by atoms with Crippen molar-refractivity contribution in [2.75, 3.05) is 19.6 Å². The molecule has 0 aliphatic heterocycles. The quantitative estimate of drug-likeness (QED) is 0.788. The van der Waals surface area contributed by atoms with Crippen molar-refractivity contribution in [1.29, 1.82) is 0 Å². The summed E-state index contributed by atoms with van der Waals surface area (Å²) >= 11 is 0.